The topological polar surface area (TPSA) is 73.6 Å². The zero-order valence-electron chi connectivity index (χ0n) is 14.7. The summed E-state index contributed by atoms with van der Waals surface area (Å²) in [7, 11) is 0. The average molecular weight is 389 g/mol. The van der Waals surface area contributed by atoms with Crippen molar-refractivity contribution >= 4 is 22.4 Å². The van der Waals surface area contributed by atoms with Crippen molar-refractivity contribution in [3.63, 3.8) is 0 Å². The number of fused-ring (bicyclic) bond motifs is 1. The third-order valence-electron chi connectivity index (χ3n) is 3.98. The number of hydrogen-bond donors (Lipinski definition) is 0. The monoisotopic (exact) mass is 389 g/mol. The van der Waals surface area contributed by atoms with Crippen LogP contribution in [0.4, 0.5) is 0 Å². The van der Waals surface area contributed by atoms with Gasteiger partial charge in [0, 0.05) is 5.56 Å². The molecule has 2 aromatic heterocycles. The molecule has 0 spiro atoms. The number of nitrogens with zero attached hydrogens (tertiary/aromatic N) is 3. The van der Waals surface area contributed by atoms with E-state index in [4.69, 9.17) is 4.74 Å². The molecule has 0 fully saturated rings. The molecule has 7 heteroatoms. The molecule has 0 amide bonds. The molecule has 28 heavy (non-hydrogen) atoms. The molecule has 0 atom stereocenters. The summed E-state index contributed by atoms with van der Waals surface area (Å²) in [6.07, 6.45) is 3.42. The van der Waals surface area contributed by atoms with Crippen LogP contribution in [0.15, 0.2) is 76.8 Å². The van der Waals surface area contributed by atoms with Gasteiger partial charge in [0.2, 0.25) is 4.96 Å². The van der Waals surface area contributed by atoms with Crippen molar-refractivity contribution in [2.24, 2.45) is 0 Å². The highest BCUT2D eigenvalue weighted by Crippen LogP contribution is 2.13. The number of rotatable bonds is 5. The van der Waals surface area contributed by atoms with Gasteiger partial charge in [0.05, 0.1) is 4.53 Å². The first kappa shape index (κ1) is 17.8. The Bertz CT molecular complexity index is 1310. The molecule has 0 saturated heterocycles. The van der Waals surface area contributed by atoms with E-state index < -0.39 is 5.56 Å². The first-order valence-corrected chi connectivity index (χ1v) is 9.32. The largest absolute Gasteiger partial charge is 0.490 e. The standard InChI is InChI=1S/C21H15N3O3S/c1-2-12-27-16-10-8-14(9-11-16)13-17-20(26)24-21(28-17)22-19(25)18(23-24)15-6-4-3-5-7-15/h2-11,13H,1,12H2. The highest BCUT2D eigenvalue weighted by atomic mass is 32.1. The number of aromatic nitrogens is 3. The summed E-state index contributed by atoms with van der Waals surface area (Å²) in [5.41, 5.74) is 0.851. The fraction of sp³-hybridized carbons (Fsp3) is 0.0476. The third kappa shape index (κ3) is 3.47. The van der Waals surface area contributed by atoms with Gasteiger partial charge >= 0.3 is 5.56 Å². The summed E-state index contributed by atoms with van der Waals surface area (Å²) in [4.78, 5) is 29.4. The summed E-state index contributed by atoms with van der Waals surface area (Å²) in [6.45, 7) is 4.04. The van der Waals surface area contributed by atoms with Crippen molar-refractivity contribution in [1.29, 1.82) is 0 Å². The van der Waals surface area contributed by atoms with Gasteiger partial charge in [0.15, 0.2) is 5.69 Å². The number of ether oxygens (including phenoxy) is 1. The molecule has 4 rings (SSSR count). The zero-order chi connectivity index (χ0) is 19.5. The summed E-state index contributed by atoms with van der Waals surface area (Å²) >= 11 is 1.13. The van der Waals surface area contributed by atoms with Gasteiger partial charge in [0.25, 0.3) is 5.56 Å². The fourth-order valence-corrected chi connectivity index (χ4v) is 3.56. The average Bonchev–Trinajstić information content (AvgIpc) is 3.02. The van der Waals surface area contributed by atoms with E-state index in [2.05, 4.69) is 16.7 Å². The predicted octanol–water partition coefficient (Wildman–Crippen LogP) is 2.29. The molecular formula is C21H15N3O3S. The summed E-state index contributed by atoms with van der Waals surface area (Å²) < 4.78 is 7.08. The Morgan fingerprint density at radius 3 is 2.54 bits per heavy atom. The zero-order valence-corrected chi connectivity index (χ0v) is 15.6. The van der Waals surface area contributed by atoms with Crippen LogP contribution in [0, 0.1) is 0 Å². The lowest BCUT2D eigenvalue weighted by Crippen LogP contribution is -2.26. The molecule has 0 bridgehead atoms. The van der Waals surface area contributed by atoms with Crippen LogP contribution in [0.1, 0.15) is 5.56 Å². The molecule has 0 N–H and O–H groups in total. The molecule has 0 unspecified atom stereocenters. The summed E-state index contributed by atoms with van der Waals surface area (Å²) in [5.74, 6) is 0.719. The molecule has 2 heterocycles. The lowest BCUT2D eigenvalue weighted by Gasteiger charge is -2.02. The minimum Gasteiger partial charge on any atom is -0.490 e. The van der Waals surface area contributed by atoms with E-state index in [1.165, 1.54) is 4.52 Å². The maximum atomic E-state index is 12.7. The number of thiazole rings is 1. The predicted molar refractivity (Wildman–Crippen MR) is 110 cm³/mol. The van der Waals surface area contributed by atoms with Crippen LogP contribution in [0.2, 0.25) is 0 Å². The molecule has 6 nitrogen and oxygen atoms in total. The Morgan fingerprint density at radius 1 is 1.07 bits per heavy atom. The van der Waals surface area contributed by atoms with Crippen molar-refractivity contribution < 1.29 is 4.74 Å². The van der Waals surface area contributed by atoms with Crippen molar-refractivity contribution in [1.82, 2.24) is 14.6 Å². The van der Waals surface area contributed by atoms with E-state index in [0.717, 1.165) is 22.6 Å². The second-order valence-electron chi connectivity index (χ2n) is 5.91. The Morgan fingerprint density at radius 2 is 1.82 bits per heavy atom. The van der Waals surface area contributed by atoms with Gasteiger partial charge < -0.3 is 4.74 Å². The molecule has 0 aliphatic rings. The van der Waals surface area contributed by atoms with Crippen LogP contribution in [-0.2, 0) is 0 Å². The summed E-state index contributed by atoms with van der Waals surface area (Å²) in [5, 5.41) is 4.24. The van der Waals surface area contributed by atoms with Crippen molar-refractivity contribution in [3.8, 4) is 17.0 Å². The van der Waals surface area contributed by atoms with Crippen LogP contribution in [-0.4, -0.2) is 21.2 Å². The molecule has 4 aromatic rings. The summed E-state index contributed by atoms with van der Waals surface area (Å²) in [6, 6.07) is 16.3. The van der Waals surface area contributed by atoms with Crippen LogP contribution in [0.25, 0.3) is 22.3 Å². The Balaban J connectivity index is 1.78. The maximum absolute atomic E-state index is 12.7. The molecule has 138 valence electrons. The second-order valence-corrected chi connectivity index (χ2v) is 6.92. The van der Waals surface area contributed by atoms with Crippen molar-refractivity contribution in [3.05, 3.63) is 98.1 Å². The van der Waals surface area contributed by atoms with E-state index in [0.29, 0.717) is 16.7 Å². The van der Waals surface area contributed by atoms with E-state index in [1.807, 2.05) is 30.3 Å². The lowest BCUT2D eigenvalue weighted by atomic mass is 10.2. The Hall–Kier alpha value is -3.58. The molecule has 0 aliphatic carbocycles. The van der Waals surface area contributed by atoms with E-state index in [1.54, 1.807) is 36.4 Å². The molecule has 0 aliphatic heterocycles. The maximum Gasteiger partial charge on any atom is 0.300 e. The van der Waals surface area contributed by atoms with Crippen molar-refractivity contribution in [2.75, 3.05) is 6.61 Å². The van der Waals surface area contributed by atoms with Crippen LogP contribution in [0.3, 0.4) is 0 Å². The minimum atomic E-state index is -0.456. The van der Waals surface area contributed by atoms with E-state index >= 15 is 0 Å². The molecule has 0 radical (unpaired) electrons. The first-order chi connectivity index (χ1) is 13.7. The van der Waals surface area contributed by atoms with Crippen LogP contribution in [0.5, 0.6) is 5.75 Å². The highest BCUT2D eigenvalue weighted by molar-refractivity contribution is 7.15. The smallest absolute Gasteiger partial charge is 0.300 e. The van der Waals surface area contributed by atoms with Gasteiger partial charge in [-0.25, -0.2) is 0 Å². The lowest BCUT2D eigenvalue weighted by molar-refractivity contribution is 0.363. The SMILES string of the molecule is C=CCOc1ccc(C=c2sc3nc(=O)c(-c4ccccc4)nn3c2=O)cc1. The Labute approximate surface area is 163 Å². The quantitative estimate of drug-likeness (QED) is 0.490. The van der Waals surface area contributed by atoms with Gasteiger partial charge in [-0.15, -0.1) is 0 Å². The Kier molecular flexibility index (Phi) is 4.82. The number of benzene rings is 2. The van der Waals surface area contributed by atoms with Crippen molar-refractivity contribution in [2.45, 2.75) is 0 Å². The van der Waals surface area contributed by atoms with Gasteiger partial charge in [-0.1, -0.05) is 66.5 Å². The van der Waals surface area contributed by atoms with Gasteiger partial charge in [-0.05, 0) is 23.8 Å². The van der Waals surface area contributed by atoms with Gasteiger partial charge in [0.1, 0.15) is 12.4 Å². The normalized spacial score (nSPS) is 11.6. The fourth-order valence-electron chi connectivity index (χ4n) is 2.65. The minimum absolute atomic E-state index is 0.156. The highest BCUT2D eigenvalue weighted by Gasteiger charge is 2.12. The third-order valence-corrected chi connectivity index (χ3v) is 4.94. The first-order valence-electron chi connectivity index (χ1n) is 8.50. The second kappa shape index (κ2) is 7.58. The van der Waals surface area contributed by atoms with Crippen LogP contribution >= 0.6 is 11.3 Å². The van der Waals surface area contributed by atoms with E-state index in [9.17, 15) is 9.59 Å². The molecule has 2 aromatic carbocycles. The molecular weight excluding hydrogens is 374 g/mol. The van der Waals surface area contributed by atoms with E-state index in [-0.39, 0.29) is 16.2 Å². The van der Waals surface area contributed by atoms with Crippen LogP contribution < -0.4 is 20.4 Å². The van der Waals surface area contributed by atoms with Gasteiger partial charge in [-0.2, -0.15) is 14.6 Å². The number of hydrogen-bond acceptors (Lipinski definition) is 6. The molecule has 0 saturated carbocycles. The van der Waals surface area contributed by atoms with Gasteiger partial charge in [-0.3, -0.25) is 9.59 Å².